The fourth-order valence-corrected chi connectivity index (χ4v) is 2.78. The summed E-state index contributed by atoms with van der Waals surface area (Å²) < 4.78 is 0. The average molecular weight is 240 g/mol. The molecule has 1 aliphatic rings. The molecule has 1 fully saturated rings. The Morgan fingerprint density at radius 1 is 1.18 bits per heavy atom. The van der Waals surface area contributed by atoms with Crippen LogP contribution in [0.5, 0.6) is 0 Å². The average Bonchev–Trinajstić information content (AvgIpc) is 2.58. The standard InChI is InChI=1S/C15H32N2/c1-6-8-16-11-15(5,7-2)12-17-9-13(3)14(4)10-17/h13-14,16H,6-12H2,1-5H3. The SMILES string of the molecule is CCCNCC(C)(CC)CN1CC(C)C(C)C1. The van der Waals surface area contributed by atoms with Gasteiger partial charge in [0, 0.05) is 26.2 Å². The summed E-state index contributed by atoms with van der Waals surface area (Å²) in [7, 11) is 0. The highest BCUT2D eigenvalue weighted by Gasteiger charge is 2.31. The quantitative estimate of drug-likeness (QED) is 0.688. The molecule has 3 unspecified atom stereocenters. The summed E-state index contributed by atoms with van der Waals surface area (Å²) in [5, 5.41) is 3.60. The van der Waals surface area contributed by atoms with Gasteiger partial charge in [0.05, 0.1) is 0 Å². The van der Waals surface area contributed by atoms with Crippen LogP contribution in [-0.4, -0.2) is 37.6 Å². The minimum atomic E-state index is 0.443. The fraction of sp³-hybridized carbons (Fsp3) is 1.00. The highest BCUT2D eigenvalue weighted by Crippen LogP contribution is 2.28. The summed E-state index contributed by atoms with van der Waals surface area (Å²) in [6.07, 6.45) is 2.50. The van der Waals surface area contributed by atoms with Crippen molar-refractivity contribution >= 4 is 0 Å². The third-order valence-corrected chi connectivity index (χ3v) is 4.50. The van der Waals surface area contributed by atoms with Crippen LogP contribution in [-0.2, 0) is 0 Å². The van der Waals surface area contributed by atoms with Gasteiger partial charge >= 0.3 is 0 Å². The van der Waals surface area contributed by atoms with Crippen molar-refractivity contribution in [3.8, 4) is 0 Å². The van der Waals surface area contributed by atoms with Gasteiger partial charge in [0.2, 0.25) is 0 Å². The predicted molar refractivity (Wildman–Crippen MR) is 76.3 cm³/mol. The number of nitrogens with one attached hydrogen (secondary N) is 1. The Hall–Kier alpha value is -0.0800. The molecular weight excluding hydrogens is 208 g/mol. The Bertz CT molecular complexity index is 207. The zero-order chi connectivity index (χ0) is 12.9. The van der Waals surface area contributed by atoms with Crippen LogP contribution in [0.3, 0.4) is 0 Å². The Morgan fingerprint density at radius 3 is 2.24 bits per heavy atom. The first-order valence-electron chi connectivity index (χ1n) is 7.44. The molecule has 0 radical (unpaired) electrons. The van der Waals surface area contributed by atoms with E-state index in [1.165, 1.54) is 32.5 Å². The van der Waals surface area contributed by atoms with Gasteiger partial charge in [0.15, 0.2) is 0 Å². The lowest BCUT2D eigenvalue weighted by Gasteiger charge is -2.33. The van der Waals surface area contributed by atoms with E-state index in [4.69, 9.17) is 0 Å². The van der Waals surface area contributed by atoms with Gasteiger partial charge in [-0.3, -0.25) is 0 Å². The van der Waals surface area contributed by atoms with Crippen molar-refractivity contribution in [2.45, 2.75) is 47.5 Å². The Morgan fingerprint density at radius 2 is 1.76 bits per heavy atom. The number of likely N-dealkylation sites (tertiary alicyclic amines) is 1. The maximum Gasteiger partial charge on any atom is 0.00476 e. The molecule has 0 bridgehead atoms. The Balaban J connectivity index is 2.40. The first kappa shape index (κ1) is 15.0. The minimum absolute atomic E-state index is 0.443. The van der Waals surface area contributed by atoms with E-state index in [9.17, 15) is 0 Å². The summed E-state index contributed by atoms with van der Waals surface area (Å²) in [5.74, 6) is 1.75. The molecule has 0 saturated carbocycles. The molecular formula is C15H32N2. The minimum Gasteiger partial charge on any atom is -0.316 e. The molecule has 0 amide bonds. The van der Waals surface area contributed by atoms with Gasteiger partial charge in [-0.25, -0.2) is 0 Å². The van der Waals surface area contributed by atoms with Gasteiger partial charge in [0.25, 0.3) is 0 Å². The van der Waals surface area contributed by atoms with Crippen LogP contribution >= 0.6 is 0 Å². The van der Waals surface area contributed by atoms with E-state index >= 15 is 0 Å². The first-order valence-corrected chi connectivity index (χ1v) is 7.44. The van der Waals surface area contributed by atoms with Crippen molar-refractivity contribution in [1.82, 2.24) is 10.2 Å². The molecule has 2 nitrogen and oxygen atoms in total. The van der Waals surface area contributed by atoms with Crippen LogP contribution in [0, 0.1) is 17.3 Å². The highest BCUT2D eigenvalue weighted by atomic mass is 15.2. The van der Waals surface area contributed by atoms with Crippen molar-refractivity contribution in [3.05, 3.63) is 0 Å². The molecule has 0 spiro atoms. The third-order valence-electron chi connectivity index (χ3n) is 4.50. The van der Waals surface area contributed by atoms with E-state index in [0.717, 1.165) is 24.9 Å². The Kier molecular flexibility index (Phi) is 5.94. The van der Waals surface area contributed by atoms with Crippen LogP contribution in [0.4, 0.5) is 0 Å². The molecule has 0 aliphatic carbocycles. The van der Waals surface area contributed by atoms with E-state index < -0.39 is 0 Å². The molecule has 0 aromatic rings. The van der Waals surface area contributed by atoms with E-state index in [-0.39, 0.29) is 0 Å². The first-order chi connectivity index (χ1) is 8.00. The van der Waals surface area contributed by atoms with E-state index in [2.05, 4.69) is 44.8 Å². The molecule has 1 aliphatic heterocycles. The van der Waals surface area contributed by atoms with Gasteiger partial charge in [-0.05, 0) is 36.6 Å². The van der Waals surface area contributed by atoms with Crippen molar-refractivity contribution in [1.29, 1.82) is 0 Å². The fourth-order valence-electron chi connectivity index (χ4n) is 2.78. The molecule has 1 rings (SSSR count). The molecule has 0 aromatic heterocycles. The predicted octanol–water partition coefficient (Wildman–Crippen LogP) is 2.99. The largest absolute Gasteiger partial charge is 0.316 e. The topological polar surface area (TPSA) is 15.3 Å². The van der Waals surface area contributed by atoms with Crippen molar-refractivity contribution in [2.75, 3.05) is 32.7 Å². The zero-order valence-corrected chi connectivity index (χ0v) is 12.6. The monoisotopic (exact) mass is 240 g/mol. The second-order valence-corrected chi connectivity index (χ2v) is 6.49. The maximum absolute atomic E-state index is 3.60. The third kappa shape index (κ3) is 4.59. The number of nitrogens with zero attached hydrogens (tertiary/aromatic N) is 1. The molecule has 3 atom stereocenters. The van der Waals surface area contributed by atoms with Crippen molar-refractivity contribution < 1.29 is 0 Å². The zero-order valence-electron chi connectivity index (χ0n) is 12.6. The highest BCUT2D eigenvalue weighted by molar-refractivity contribution is 4.85. The molecule has 0 aromatic carbocycles. The lowest BCUT2D eigenvalue weighted by atomic mass is 9.86. The number of hydrogen-bond acceptors (Lipinski definition) is 2. The van der Waals surface area contributed by atoms with Crippen molar-refractivity contribution in [3.63, 3.8) is 0 Å². The van der Waals surface area contributed by atoms with Crippen LogP contribution in [0.2, 0.25) is 0 Å². The second-order valence-electron chi connectivity index (χ2n) is 6.49. The second kappa shape index (κ2) is 6.75. The van der Waals surface area contributed by atoms with E-state index in [0.29, 0.717) is 5.41 Å². The van der Waals surface area contributed by atoms with Crippen LogP contribution < -0.4 is 5.32 Å². The Labute approximate surface area is 108 Å². The molecule has 1 heterocycles. The van der Waals surface area contributed by atoms with Crippen LogP contribution in [0.15, 0.2) is 0 Å². The summed E-state index contributed by atoms with van der Waals surface area (Å²) in [6, 6.07) is 0. The molecule has 102 valence electrons. The van der Waals surface area contributed by atoms with Gasteiger partial charge in [-0.15, -0.1) is 0 Å². The number of hydrogen-bond donors (Lipinski definition) is 1. The number of rotatable bonds is 7. The smallest absolute Gasteiger partial charge is 0.00476 e. The normalized spacial score (nSPS) is 29.5. The van der Waals surface area contributed by atoms with Gasteiger partial charge in [-0.1, -0.05) is 34.6 Å². The van der Waals surface area contributed by atoms with Gasteiger partial charge in [-0.2, -0.15) is 0 Å². The lowest BCUT2D eigenvalue weighted by molar-refractivity contribution is 0.175. The summed E-state index contributed by atoms with van der Waals surface area (Å²) >= 11 is 0. The molecule has 1 saturated heterocycles. The van der Waals surface area contributed by atoms with E-state index in [1.807, 2.05) is 0 Å². The summed E-state index contributed by atoms with van der Waals surface area (Å²) in [4.78, 5) is 2.67. The lowest BCUT2D eigenvalue weighted by Crippen LogP contribution is -2.41. The van der Waals surface area contributed by atoms with Crippen molar-refractivity contribution in [2.24, 2.45) is 17.3 Å². The van der Waals surface area contributed by atoms with Crippen LogP contribution in [0.1, 0.15) is 47.5 Å². The molecule has 2 heteroatoms. The van der Waals surface area contributed by atoms with Gasteiger partial charge in [0.1, 0.15) is 0 Å². The molecule has 17 heavy (non-hydrogen) atoms. The van der Waals surface area contributed by atoms with E-state index in [1.54, 1.807) is 0 Å². The summed E-state index contributed by atoms with van der Waals surface area (Å²) in [6.45, 7) is 18.0. The summed E-state index contributed by atoms with van der Waals surface area (Å²) in [5.41, 5.74) is 0.443. The maximum atomic E-state index is 3.60. The van der Waals surface area contributed by atoms with Crippen LogP contribution in [0.25, 0.3) is 0 Å². The molecule has 1 N–H and O–H groups in total. The van der Waals surface area contributed by atoms with Gasteiger partial charge < -0.3 is 10.2 Å².